The van der Waals surface area contributed by atoms with E-state index in [1.807, 2.05) is 48.2 Å². The first kappa shape index (κ1) is 15.1. The summed E-state index contributed by atoms with van der Waals surface area (Å²) in [6, 6.07) is 13.6. The van der Waals surface area contributed by atoms with Gasteiger partial charge in [0.2, 0.25) is 0 Å². The molecule has 2 aromatic carbocycles. The average molecular weight is 332 g/mol. The number of benzene rings is 2. The van der Waals surface area contributed by atoms with Gasteiger partial charge in [0, 0.05) is 26.1 Å². The monoisotopic (exact) mass is 330 g/mol. The Hall–Kier alpha value is -0.340. The van der Waals surface area contributed by atoms with E-state index < -0.39 is 0 Å². The van der Waals surface area contributed by atoms with Crippen molar-refractivity contribution in [1.82, 2.24) is 0 Å². The predicted octanol–water partition coefficient (Wildman–Crippen LogP) is 6.64. The summed E-state index contributed by atoms with van der Waals surface area (Å²) in [6.45, 7) is 2.15. The summed E-state index contributed by atoms with van der Waals surface area (Å²) in [6.07, 6.45) is 0. The second-order valence-electron chi connectivity index (χ2n) is 4.25. The van der Waals surface area contributed by atoms with Crippen molar-refractivity contribution in [1.29, 1.82) is 0 Å². The van der Waals surface area contributed by atoms with Crippen LogP contribution in [0.1, 0.15) is 23.3 Å². The molecule has 0 spiro atoms. The Labute approximate surface area is 133 Å². The highest BCUT2D eigenvalue weighted by atomic mass is 35.5. The van der Waals surface area contributed by atoms with Gasteiger partial charge < -0.3 is 0 Å². The van der Waals surface area contributed by atoms with Crippen molar-refractivity contribution in [3.8, 4) is 0 Å². The van der Waals surface area contributed by atoms with E-state index in [-0.39, 0.29) is 0 Å². The number of hydrogen-bond acceptors (Lipinski definition) is 1. The van der Waals surface area contributed by atoms with Crippen LogP contribution in [0.25, 0.3) is 0 Å². The fraction of sp³-hybridized carbons (Fsp3) is 0.200. The van der Waals surface area contributed by atoms with E-state index in [0.717, 1.165) is 21.4 Å². The standard InChI is InChI=1S/C15H13Cl3S/c1-10(14-7-6-13(17)8-15(14)18)19-9-11-2-4-12(16)5-3-11/h2-8,10H,9H2,1H3. The van der Waals surface area contributed by atoms with E-state index in [1.165, 1.54) is 5.56 Å². The molecule has 2 aromatic rings. The summed E-state index contributed by atoms with van der Waals surface area (Å²) in [5.41, 5.74) is 2.37. The van der Waals surface area contributed by atoms with Crippen molar-refractivity contribution in [2.45, 2.75) is 17.9 Å². The quantitative estimate of drug-likeness (QED) is 0.605. The average Bonchev–Trinajstić information content (AvgIpc) is 2.37. The van der Waals surface area contributed by atoms with Crippen LogP contribution in [0.3, 0.4) is 0 Å². The molecule has 0 aliphatic rings. The topological polar surface area (TPSA) is 0 Å². The van der Waals surface area contributed by atoms with Crippen molar-refractivity contribution in [2.24, 2.45) is 0 Å². The van der Waals surface area contributed by atoms with Crippen LogP contribution in [0.2, 0.25) is 15.1 Å². The second-order valence-corrected chi connectivity index (χ2v) is 6.85. The van der Waals surface area contributed by atoms with Crippen LogP contribution in [-0.4, -0.2) is 0 Å². The molecule has 4 heteroatoms. The highest BCUT2D eigenvalue weighted by Gasteiger charge is 2.10. The van der Waals surface area contributed by atoms with Crippen molar-refractivity contribution >= 4 is 46.6 Å². The molecule has 0 heterocycles. The minimum atomic E-state index is 0.320. The third kappa shape index (κ3) is 4.32. The van der Waals surface area contributed by atoms with Gasteiger partial charge in [-0.25, -0.2) is 0 Å². The van der Waals surface area contributed by atoms with Crippen LogP contribution in [0.15, 0.2) is 42.5 Å². The zero-order valence-electron chi connectivity index (χ0n) is 10.4. The fourth-order valence-electron chi connectivity index (χ4n) is 1.72. The Balaban J connectivity index is 2.01. The zero-order valence-corrected chi connectivity index (χ0v) is 13.5. The third-order valence-electron chi connectivity index (χ3n) is 2.81. The van der Waals surface area contributed by atoms with Crippen LogP contribution in [0.5, 0.6) is 0 Å². The molecule has 0 fully saturated rings. The van der Waals surface area contributed by atoms with Gasteiger partial charge in [-0.3, -0.25) is 0 Å². The number of hydrogen-bond donors (Lipinski definition) is 0. The Morgan fingerprint density at radius 1 is 0.947 bits per heavy atom. The lowest BCUT2D eigenvalue weighted by Gasteiger charge is -2.13. The lowest BCUT2D eigenvalue weighted by atomic mass is 10.2. The van der Waals surface area contributed by atoms with Gasteiger partial charge in [0.1, 0.15) is 0 Å². The first-order chi connectivity index (χ1) is 9.06. The molecular formula is C15H13Cl3S. The fourth-order valence-corrected chi connectivity index (χ4v) is 3.51. The predicted molar refractivity (Wildman–Crippen MR) is 87.6 cm³/mol. The van der Waals surface area contributed by atoms with Crippen LogP contribution in [-0.2, 0) is 5.75 Å². The molecule has 0 radical (unpaired) electrons. The summed E-state index contributed by atoms with van der Waals surface area (Å²) in [5, 5.41) is 2.48. The molecule has 0 aromatic heterocycles. The van der Waals surface area contributed by atoms with Crippen LogP contribution >= 0.6 is 46.6 Å². The highest BCUT2D eigenvalue weighted by Crippen LogP contribution is 2.36. The summed E-state index contributed by atoms with van der Waals surface area (Å²) < 4.78 is 0. The summed E-state index contributed by atoms with van der Waals surface area (Å²) >= 11 is 19.8. The van der Waals surface area contributed by atoms with Gasteiger partial charge in [-0.1, -0.05) is 53.0 Å². The molecule has 0 aliphatic carbocycles. The normalized spacial score (nSPS) is 12.4. The lowest BCUT2D eigenvalue weighted by molar-refractivity contribution is 1.09. The zero-order chi connectivity index (χ0) is 13.8. The molecule has 1 atom stereocenters. The first-order valence-corrected chi connectivity index (χ1v) is 8.05. The van der Waals surface area contributed by atoms with E-state index in [1.54, 1.807) is 6.07 Å². The lowest BCUT2D eigenvalue weighted by Crippen LogP contribution is -1.91. The molecule has 0 aliphatic heterocycles. The molecule has 0 nitrogen and oxygen atoms in total. The van der Waals surface area contributed by atoms with Crippen molar-refractivity contribution in [2.75, 3.05) is 0 Å². The first-order valence-electron chi connectivity index (χ1n) is 5.87. The largest absolute Gasteiger partial charge is 0.149 e. The Kier molecular flexibility index (Phi) is 5.47. The van der Waals surface area contributed by atoms with Crippen LogP contribution < -0.4 is 0 Å². The minimum Gasteiger partial charge on any atom is -0.149 e. The van der Waals surface area contributed by atoms with Crippen molar-refractivity contribution in [3.63, 3.8) is 0 Å². The molecule has 19 heavy (non-hydrogen) atoms. The number of thioether (sulfide) groups is 1. The highest BCUT2D eigenvalue weighted by molar-refractivity contribution is 7.98. The van der Waals surface area contributed by atoms with Gasteiger partial charge in [-0.15, -0.1) is 11.8 Å². The van der Waals surface area contributed by atoms with Crippen LogP contribution in [0.4, 0.5) is 0 Å². The Morgan fingerprint density at radius 3 is 2.21 bits per heavy atom. The van der Waals surface area contributed by atoms with Crippen LogP contribution in [0, 0.1) is 0 Å². The number of rotatable bonds is 4. The van der Waals surface area contributed by atoms with Crippen molar-refractivity contribution < 1.29 is 0 Å². The maximum absolute atomic E-state index is 6.21. The third-order valence-corrected chi connectivity index (χ3v) is 4.88. The molecule has 2 rings (SSSR count). The maximum atomic E-state index is 6.21. The molecule has 0 bridgehead atoms. The summed E-state index contributed by atoms with van der Waals surface area (Å²) in [7, 11) is 0. The van der Waals surface area contributed by atoms with E-state index in [0.29, 0.717) is 10.3 Å². The van der Waals surface area contributed by atoms with Gasteiger partial charge in [-0.2, -0.15) is 0 Å². The maximum Gasteiger partial charge on any atom is 0.0463 e. The number of halogens is 3. The van der Waals surface area contributed by atoms with Gasteiger partial charge in [0.25, 0.3) is 0 Å². The van der Waals surface area contributed by atoms with E-state index in [9.17, 15) is 0 Å². The molecule has 0 amide bonds. The van der Waals surface area contributed by atoms with E-state index >= 15 is 0 Å². The minimum absolute atomic E-state index is 0.320. The Morgan fingerprint density at radius 2 is 1.58 bits per heavy atom. The van der Waals surface area contributed by atoms with Gasteiger partial charge >= 0.3 is 0 Å². The van der Waals surface area contributed by atoms with Gasteiger partial charge in [0.05, 0.1) is 0 Å². The van der Waals surface area contributed by atoms with E-state index in [2.05, 4.69) is 6.92 Å². The second kappa shape index (κ2) is 6.90. The summed E-state index contributed by atoms with van der Waals surface area (Å²) in [4.78, 5) is 0. The molecular weight excluding hydrogens is 319 g/mol. The summed E-state index contributed by atoms with van der Waals surface area (Å²) in [5.74, 6) is 0.928. The SMILES string of the molecule is CC(SCc1ccc(Cl)cc1)c1ccc(Cl)cc1Cl. The van der Waals surface area contributed by atoms with Gasteiger partial charge in [0.15, 0.2) is 0 Å². The molecule has 100 valence electrons. The molecule has 1 unspecified atom stereocenters. The van der Waals surface area contributed by atoms with E-state index in [4.69, 9.17) is 34.8 Å². The smallest absolute Gasteiger partial charge is 0.0463 e. The molecule has 0 saturated carbocycles. The molecule has 0 saturated heterocycles. The van der Waals surface area contributed by atoms with Gasteiger partial charge in [-0.05, 0) is 42.3 Å². The Bertz CT molecular complexity index is 552. The molecule has 0 N–H and O–H groups in total. The van der Waals surface area contributed by atoms with Crippen molar-refractivity contribution in [3.05, 3.63) is 68.7 Å².